The smallest absolute Gasteiger partial charge is 0.269 e. The van der Waals surface area contributed by atoms with Crippen LogP contribution in [0.5, 0.6) is 5.75 Å². The molecular weight excluding hydrogens is 316 g/mol. The van der Waals surface area contributed by atoms with Gasteiger partial charge in [0.15, 0.2) is 0 Å². The van der Waals surface area contributed by atoms with Crippen molar-refractivity contribution in [3.63, 3.8) is 0 Å². The van der Waals surface area contributed by atoms with E-state index < -0.39 is 0 Å². The second kappa shape index (κ2) is 7.30. The molecular formula is C20H28N2O3. The van der Waals surface area contributed by atoms with Crippen LogP contribution in [-0.4, -0.2) is 17.9 Å². The van der Waals surface area contributed by atoms with Gasteiger partial charge in [0.1, 0.15) is 5.75 Å². The molecule has 1 aliphatic carbocycles. The summed E-state index contributed by atoms with van der Waals surface area (Å²) >= 11 is 0. The Morgan fingerprint density at radius 1 is 1.12 bits per heavy atom. The van der Waals surface area contributed by atoms with Gasteiger partial charge < -0.3 is 4.74 Å². The van der Waals surface area contributed by atoms with Crippen molar-refractivity contribution in [2.45, 2.75) is 47.6 Å². The molecule has 0 radical (unpaired) electrons. The summed E-state index contributed by atoms with van der Waals surface area (Å²) in [6, 6.07) is 6.83. The fraction of sp³-hybridized carbons (Fsp3) is 0.500. The Bertz CT molecular complexity index is 671. The lowest BCUT2D eigenvalue weighted by Gasteiger charge is -2.11. The van der Waals surface area contributed by atoms with Crippen LogP contribution in [0, 0.1) is 17.3 Å². The molecule has 0 heterocycles. The second-order valence-corrected chi connectivity index (χ2v) is 7.70. The van der Waals surface area contributed by atoms with E-state index >= 15 is 0 Å². The molecule has 2 rings (SSSR count). The molecule has 1 aromatic carbocycles. The molecule has 0 saturated heterocycles. The highest BCUT2D eigenvalue weighted by Gasteiger charge is 2.60. The van der Waals surface area contributed by atoms with Gasteiger partial charge in [0.2, 0.25) is 5.91 Å². The molecule has 5 nitrogen and oxygen atoms in total. The van der Waals surface area contributed by atoms with Gasteiger partial charge in [-0.15, -0.1) is 0 Å². The zero-order chi connectivity index (χ0) is 18.8. The number of benzene rings is 1. The standard InChI is InChI=1S/C20H28N2O3/c1-12(2)11-16-17(20(16,5)6)19(24)22-21-18(23)14-7-9-15(10-8-14)25-13(3)4/h7-11,13,16-17H,1-6H3,(H,21,23)(H,22,24)/t16-,17-/m0/s1. The Morgan fingerprint density at radius 2 is 1.72 bits per heavy atom. The predicted molar refractivity (Wildman–Crippen MR) is 98.0 cm³/mol. The van der Waals surface area contributed by atoms with Gasteiger partial charge in [-0.05, 0) is 63.3 Å². The average Bonchev–Trinajstić information content (AvgIpc) is 3.04. The van der Waals surface area contributed by atoms with Gasteiger partial charge in [0.25, 0.3) is 5.91 Å². The van der Waals surface area contributed by atoms with Crippen LogP contribution in [-0.2, 0) is 4.79 Å². The second-order valence-electron chi connectivity index (χ2n) is 7.70. The van der Waals surface area contributed by atoms with Crippen LogP contribution in [0.25, 0.3) is 0 Å². The topological polar surface area (TPSA) is 67.4 Å². The first-order valence-corrected chi connectivity index (χ1v) is 8.65. The normalized spacial score (nSPS) is 20.6. The van der Waals surface area contributed by atoms with Gasteiger partial charge in [-0.1, -0.05) is 25.5 Å². The van der Waals surface area contributed by atoms with Crippen molar-refractivity contribution in [1.29, 1.82) is 0 Å². The van der Waals surface area contributed by atoms with E-state index in [9.17, 15) is 9.59 Å². The number of carbonyl (C=O) groups excluding carboxylic acids is 2. The third-order valence-corrected chi connectivity index (χ3v) is 4.49. The first-order valence-electron chi connectivity index (χ1n) is 8.65. The largest absolute Gasteiger partial charge is 0.491 e. The maximum atomic E-state index is 12.3. The Morgan fingerprint density at radius 3 is 2.24 bits per heavy atom. The van der Waals surface area contributed by atoms with Crippen LogP contribution in [0.2, 0.25) is 0 Å². The minimum Gasteiger partial charge on any atom is -0.491 e. The molecule has 25 heavy (non-hydrogen) atoms. The van der Waals surface area contributed by atoms with Crippen molar-refractivity contribution in [3.8, 4) is 5.75 Å². The molecule has 1 aliphatic rings. The Hall–Kier alpha value is -2.30. The Labute approximate surface area is 149 Å². The number of rotatable bonds is 5. The van der Waals surface area contributed by atoms with Crippen LogP contribution in [0.4, 0.5) is 0 Å². The van der Waals surface area contributed by atoms with Crippen molar-refractivity contribution in [3.05, 3.63) is 41.5 Å². The SMILES string of the molecule is CC(C)=C[C@H]1[C@@H](C(=O)NNC(=O)c2ccc(OC(C)C)cc2)C1(C)C. The first kappa shape index (κ1) is 19.0. The first-order chi connectivity index (χ1) is 11.6. The van der Waals surface area contributed by atoms with E-state index in [2.05, 4.69) is 30.8 Å². The van der Waals surface area contributed by atoms with Crippen LogP contribution in [0.3, 0.4) is 0 Å². The van der Waals surface area contributed by atoms with Crippen molar-refractivity contribution < 1.29 is 14.3 Å². The molecule has 0 aliphatic heterocycles. The molecule has 2 N–H and O–H groups in total. The number of hydrazine groups is 1. The van der Waals surface area contributed by atoms with Crippen molar-refractivity contribution in [2.75, 3.05) is 0 Å². The minimum absolute atomic E-state index is 0.0783. The number of hydrogen-bond donors (Lipinski definition) is 2. The fourth-order valence-corrected chi connectivity index (χ4v) is 3.07. The summed E-state index contributed by atoms with van der Waals surface area (Å²) in [5.74, 6) is 0.300. The maximum Gasteiger partial charge on any atom is 0.269 e. The zero-order valence-corrected chi connectivity index (χ0v) is 15.8. The quantitative estimate of drug-likeness (QED) is 0.635. The lowest BCUT2D eigenvalue weighted by molar-refractivity contribution is -0.123. The maximum absolute atomic E-state index is 12.3. The minimum atomic E-state index is -0.346. The zero-order valence-electron chi connectivity index (χ0n) is 15.8. The van der Waals surface area contributed by atoms with Gasteiger partial charge in [-0.3, -0.25) is 20.4 Å². The number of hydrogen-bond acceptors (Lipinski definition) is 3. The summed E-state index contributed by atoms with van der Waals surface area (Å²) in [5.41, 5.74) is 6.62. The van der Waals surface area contributed by atoms with Crippen LogP contribution >= 0.6 is 0 Å². The summed E-state index contributed by atoms with van der Waals surface area (Å²) in [6.45, 7) is 12.1. The number of ether oxygens (including phenoxy) is 1. The highest BCUT2D eigenvalue weighted by atomic mass is 16.5. The average molecular weight is 344 g/mol. The van der Waals surface area contributed by atoms with E-state index in [1.807, 2.05) is 27.7 Å². The van der Waals surface area contributed by atoms with Crippen LogP contribution in [0.1, 0.15) is 51.9 Å². The summed E-state index contributed by atoms with van der Waals surface area (Å²) in [5, 5.41) is 0. The van der Waals surface area contributed by atoms with Crippen LogP contribution < -0.4 is 15.6 Å². The number of carbonyl (C=O) groups is 2. The summed E-state index contributed by atoms with van der Waals surface area (Å²) in [7, 11) is 0. The van der Waals surface area contributed by atoms with E-state index in [0.29, 0.717) is 11.3 Å². The van der Waals surface area contributed by atoms with E-state index in [0.717, 1.165) is 0 Å². The highest BCUT2D eigenvalue weighted by Crippen LogP contribution is 2.59. The number of nitrogens with one attached hydrogen (secondary N) is 2. The van der Waals surface area contributed by atoms with E-state index in [1.54, 1.807) is 24.3 Å². The summed E-state index contributed by atoms with van der Waals surface area (Å²) in [6.07, 6.45) is 2.20. The molecule has 0 spiro atoms. The van der Waals surface area contributed by atoms with Gasteiger partial charge >= 0.3 is 0 Å². The monoisotopic (exact) mass is 344 g/mol. The van der Waals surface area contributed by atoms with E-state index in [-0.39, 0.29) is 35.2 Å². The molecule has 0 unspecified atom stereocenters. The molecule has 136 valence electrons. The van der Waals surface area contributed by atoms with Crippen molar-refractivity contribution in [2.24, 2.45) is 17.3 Å². The van der Waals surface area contributed by atoms with Gasteiger partial charge in [-0.25, -0.2) is 0 Å². The molecule has 0 aromatic heterocycles. The molecule has 1 saturated carbocycles. The van der Waals surface area contributed by atoms with Gasteiger partial charge in [0, 0.05) is 5.56 Å². The molecule has 1 fully saturated rings. The van der Waals surface area contributed by atoms with Gasteiger partial charge in [-0.2, -0.15) is 0 Å². The summed E-state index contributed by atoms with van der Waals surface area (Å²) in [4.78, 5) is 24.5. The number of amides is 2. The molecule has 2 amide bonds. The van der Waals surface area contributed by atoms with Crippen molar-refractivity contribution in [1.82, 2.24) is 10.9 Å². The Balaban J connectivity index is 1.90. The summed E-state index contributed by atoms with van der Waals surface area (Å²) < 4.78 is 5.55. The van der Waals surface area contributed by atoms with Crippen LogP contribution in [0.15, 0.2) is 35.9 Å². The third-order valence-electron chi connectivity index (χ3n) is 4.49. The molecule has 0 bridgehead atoms. The molecule has 1 aromatic rings. The van der Waals surface area contributed by atoms with Crippen molar-refractivity contribution >= 4 is 11.8 Å². The Kier molecular flexibility index (Phi) is 5.55. The van der Waals surface area contributed by atoms with E-state index in [4.69, 9.17) is 4.74 Å². The predicted octanol–water partition coefficient (Wildman–Crippen LogP) is 3.47. The van der Waals surface area contributed by atoms with Gasteiger partial charge in [0.05, 0.1) is 12.0 Å². The highest BCUT2D eigenvalue weighted by molar-refractivity contribution is 5.96. The van der Waals surface area contributed by atoms with E-state index in [1.165, 1.54) is 5.57 Å². The third kappa shape index (κ3) is 4.62. The fourth-order valence-electron chi connectivity index (χ4n) is 3.07. The lowest BCUT2D eigenvalue weighted by atomic mass is 10.1. The number of allylic oxidation sites excluding steroid dienone is 2. The molecule has 2 atom stereocenters. The molecule has 5 heteroatoms. The lowest BCUT2D eigenvalue weighted by Crippen LogP contribution is -2.43.